The fourth-order valence-electron chi connectivity index (χ4n) is 12.9. The molecule has 123 heavy (non-hydrogen) atoms. The van der Waals surface area contributed by atoms with Gasteiger partial charge >= 0.3 is 29.8 Å². The Balaban J connectivity index is 0.000000256. The lowest BCUT2D eigenvalue weighted by atomic mass is 10.1. The highest BCUT2D eigenvalue weighted by molar-refractivity contribution is 6.09. The van der Waals surface area contributed by atoms with E-state index in [1.165, 1.54) is 77.0 Å². The molecule has 0 atom stereocenters. The van der Waals surface area contributed by atoms with E-state index in [4.69, 9.17) is 54.5 Å². The predicted molar refractivity (Wildman–Crippen MR) is 459 cm³/mol. The maximum absolute atomic E-state index is 13.4. The van der Waals surface area contributed by atoms with E-state index in [0.717, 1.165) is 12.0 Å². The Morgan fingerprint density at radius 1 is 0.374 bits per heavy atom. The van der Waals surface area contributed by atoms with Crippen LogP contribution in [0.1, 0.15) is 173 Å². The van der Waals surface area contributed by atoms with E-state index in [9.17, 15) is 57.5 Å². The van der Waals surface area contributed by atoms with Crippen molar-refractivity contribution < 1.29 is 101 Å². The van der Waals surface area contributed by atoms with Crippen LogP contribution in [0.15, 0.2) is 148 Å². The number of nitrogens with zero attached hydrogens (tertiary/aromatic N) is 8. The number of nitrogens with one attached hydrogen (secondary N) is 5. The van der Waals surface area contributed by atoms with Crippen molar-refractivity contribution >= 4 is 111 Å². The van der Waals surface area contributed by atoms with Gasteiger partial charge in [0.25, 0.3) is 23.6 Å². The average molecular weight is 1690 g/mol. The number of carboxylic acid groups (broad SMARTS) is 1. The zero-order chi connectivity index (χ0) is 90.1. The molecule has 0 aliphatic carbocycles. The molecular formula is C87H103N15O21. The van der Waals surface area contributed by atoms with Crippen molar-refractivity contribution in [1.29, 1.82) is 0 Å². The number of ketones is 2. The van der Waals surface area contributed by atoms with Crippen LogP contribution in [0.5, 0.6) is 23.0 Å². The number of carbonyl (C=O) groups excluding carboxylic acids is 11. The molecule has 0 aliphatic heterocycles. The normalized spacial score (nSPS) is 10.7. The van der Waals surface area contributed by atoms with Gasteiger partial charge in [-0.25, -0.2) is 19.2 Å². The van der Waals surface area contributed by atoms with Gasteiger partial charge < -0.3 is 118 Å². The van der Waals surface area contributed by atoms with E-state index in [-0.39, 0.29) is 102 Å². The molecule has 5 amide bonds. The summed E-state index contributed by atoms with van der Waals surface area (Å²) < 4.78 is 54.5. The second kappa shape index (κ2) is 43.6. The molecule has 36 nitrogen and oxygen atoms in total. The lowest BCUT2D eigenvalue weighted by molar-refractivity contribution is -0.137. The molecule has 0 saturated heterocycles. The molecule has 0 bridgehead atoms. The number of Topliss-reactive ketones (excluding diaryl/α,β-unsaturated/α-hetero) is 2. The number of hydrogen-bond donors (Lipinski definition) is 8. The average Bonchev–Trinajstić information content (AvgIpc) is 1.74. The Morgan fingerprint density at radius 2 is 0.699 bits per heavy atom. The number of aryl methyl sites for hydroxylation is 9. The summed E-state index contributed by atoms with van der Waals surface area (Å²) >= 11 is 0. The third-order valence-corrected chi connectivity index (χ3v) is 19.0. The van der Waals surface area contributed by atoms with Crippen LogP contribution in [0, 0.1) is 6.92 Å². The fourth-order valence-corrected chi connectivity index (χ4v) is 12.9. The van der Waals surface area contributed by atoms with Gasteiger partial charge in [-0.3, -0.25) is 38.4 Å². The van der Waals surface area contributed by atoms with Gasteiger partial charge in [0.05, 0.1) is 104 Å². The number of rotatable bonds is 39. The van der Waals surface area contributed by atoms with Gasteiger partial charge in [-0.2, -0.15) is 0 Å². The molecule has 0 saturated carbocycles. The standard InChI is InChI=1S/C43H50N8O10.C27H30N6O5.C17H23NO6/c1-8-13-61-42(56)30-20-37(58-6)38(21-31(30)44)60-14-11-9-10-12-39(53)45-27-18-34(50(4)23-27)41(55)46-28-17-32(49(3)24-28)36(52)16-26-15-33(48(2)22-26)40(54)47-29-19-35(43(57)59-7)51(5)25-29;1-16-7-21(30(2)12-16)25(35)28-18-10-20(32(4)14-18)24(34)9-17-8-22(31(3)13-17)26(36)29-19-11-23(27(37)38-6)33(5)15-19;1-3-8-24-17(21)12-10-14(22-2)15(11-13(12)18)23-9-6-4-5-7-16(19)20/h8,15,17-25H,1,9-14,16,44H2,2-7H3,(H,45,53)(H,46,55)(H,47,54);7-8,10-15H,9H2,1-6H3,(H,28,35)(H,29,36);3,10-11H,1,4-9,18H2,2H3,(H,19,20). The molecule has 10 N–H and O–H groups in total. The summed E-state index contributed by atoms with van der Waals surface area (Å²) in [6.07, 6.45) is 20.8. The van der Waals surface area contributed by atoms with Gasteiger partial charge in [0.1, 0.15) is 47.4 Å². The van der Waals surface area contributed by atoms with Crippen molar-refractivity contribution in [1.82, 2.24) is 36.5 Å². The minimum Gasteiger partial charge on any atom is -0.493 e. The molecule has 0 radical (unpaired) electrons. The monoisotopic (exact) mass is 1690 g/mol. The first-order valence-corrected chi connectivity index (χ1v) is 38.6. The number of ether oxygens (including phenoxy) is 8. The third-order valence-electron chi connectivity index (χ3n) is 19.0. The van der Waals surface area contributed by atoms with Crippen LogP contribution in [0.25, 0.3) is 0 Å². The third kappa shape index (κ3) is 25.5. The van der Waals surface area contributed by atoms with Crippen molar-refractivity contribution in [2.24, 2.45) is 56.4 Å². The molecule has 36 heteroatoms. The highest BCUT2D eigenvalue weighted by atomic mass is 16.5. The van der Waals surface area contributed by atoms with Crippen LogP contribution in [0.2, 0.25) is 0 Å². The molecule has 10 aromatic rings. The van der Waals surface area contributed by atoms with E-state index in [0.29, 0.717) is 142 Å². The van der Waals surface area contributed by atoms with Gasteiger partial charge in [-0.1, -0.05) is 25.3 Å². The summed E-state index contributed by atoms with van der Waals surface area (Å²) in [5.74, 6) is -3.60. The highest BCUT2D eigenvalue weighted by Crippen LogP contribution is 2.35. The van der Waals surface area contributed by atoms with Crippen molar-refractivity contribution in [2.45, 2.75) is 71.1 Å². The summed E-state index contributed by atoms with van der Waals surface area (Å²) in [6.45, 7) is 9.78. The molecule has 0 spiro atoms. The van der Waals surface area contributed by atoms with Crippen LogP contribution in [0.4, 0.5) is 39.8 Å². The Hall–Kier alpha value is -15.0. The zero-order valence-corrected chi connectivity index (χ0v) is 70.9. The molecule has 652 valence electrons. The van der Waals surface area contributed by atoms with Crippen molar-refractivity contribution in [2.75, 3.05) is 92.9 Å². The van der Waals surface area contributed by atoms with E-state index >= 15 is 0 Å². The van der Waals surface area contributed by atoms with Crippen LogP contribution in [0.3, 0.4) is 0 Å². The number of esters is 4. The molecular weight excluding hydrogens is 1590 g/mol. The van der Waals surface area contributed by atoms with Gasteiger partial charge in [-0.05, 0) is 111 Å². The summed E-state index contributed by atoms with van der Waals surface area (Å²) in [7, 11) is 19.1. The number of amides is 5. The van der Waals surface area contributed by atoms with Crippen molar-refractivity contribution in [3.8, 4) is 23.0 Å². The lowest BCUT2D eigenvalue weighted by Crippen LogP contribution is -2.15. The molecule has 0 aliphatic rings. The molecule has 10 rings (SSSR count). The summed E-state index contributed by atoms with van der Waals surface area (Å²) in [6, 6.07) is 18.9. The number of nitrogen functional groups attached to an aromatic ring is 2. The second-order valence-electron chi connectivity index (χ2n) is 28.5. The van der Waals surface area contributed by atoms with Gasteiger partial charge in [0.15, 0.2) is 34.6 Å². The maximum Gasteiger partial charge on any atom is 0.354 e. The Morgan fingerprint density at radius 3 is 1.06 bits per heavy atom. The number of carboxylic acids is 1. The van der Waals surface area contributed by atoms with Gasteiger partial charge in [-0.15, -0.1) is 0 Å². The Labute approximate surface area is 709 Å². The first kappa shape index (κ1) is 93.5. The number of methoxy groups -OCH3 is 4. The molecule has 2 aromatic carbocycles. The topological polar surface area (TPSA) is 451 Å². The number of unbranched alkanes of at least 4 members (excludes halogenated alkanes) is 4. The number of carbonyl (C=O) groups is 12. The molecule has 8 aromatic heterocycles. The predicted octanol–water partition coefficient (Wildman–Crippen LogP) is 11.0. The Bertz CT molecular complexity index is 5590. The van der Waals surface area contributed by atoms with Crippen LogP contribution < -0.4 is 57.0 Å². The fraction of sp³-hybridized carbons (Fsp3) is 0.310. The number of aliphatic carboxylic acids is 1. The van der Waals surface area contributed by atoms with Crippen LogP contribution in [-0.2, 0) is 97.8 Å². The summed E-state index contributed by atoms with van der Waals surface area (Å²) in [4.78, 5) is 149. The maximum atomic E-state index is 13.4. The zero-order valence-electron chi connectivity index (χ0n) is 70.9. The largest absolute Gasteiger partial charge is 0.493 e. The van der Waals surface area contributed by atoms with Gasteiger partial charge in [0, 0.05) is 156 Å². The number of aromatic nitrogens is 8. The number of nitrogens with two attached hydrogens (primary N) is 2. The van der Waals surface area contributed by atoms with Crippen LogP contribution in [-0.4, -0.2) is 167 Å². The van der Waals surface area contributed by atoms with E-state index in [1.54, 1.807) is 173 Å². The van der Waals surface area contributed by atoms with Crippen molar-refractivity contribution in [3.05, 3.63) is 221 Å². The molecule has 8 heterocycles. The lowest BCUT2D eigenvalue weighted by Gasteiger charge is -2.14. The second-order valence-corrected chi connectivity index (χ2v) is 28.5. The SMILES string of the molecule is C=CCOC(=O)c1cc(OC)c(OCCCCCC(=O)Nc2cc(C(=O)Nc3cc(C(=O)Cc4cc(C(=O)Nc5cc(C(=O)OC)n(C)c5)n(C)c4)n(C)c3)n(C)c2)cc1N.C=CCOC(=O)c1cc(OC)c(OCCCCCC(=O)O)cc1N.COC(=O)c1cc(NC(=O)c2cc(CC(=O)c3cc(NC(=O)c4cc(C)cn4C)cn3C)cn2C)cn1C. The number of anilines is 7. The van der Waals surface area contributed by atoms with E-state index in [1.807, 2.05) is 13.1 Å². The highest BCUT2D eigenvalue weighted by Gasteiger charge is 2.26. The molecule has 0 unspecified atom stereocenters. The number of benzene rings is 2. The quantitative estimate of drug-likeness (QED) is 0.00443. The minimum atomic E-state index is -0.802. The van der Waals surface area contributed by atoms with Crippen LogP contribution >= 0.6 is 0 Å². The van der Waals surface area contributed by atoms with E-state index in [2.05, 4.69) is 39.7 Å². The smallest absolute Gasteiger partial charge is 0.354 e. The minimum absolute atomic E-state index is 0.00423. The Kier molecular flexibility index (Phi) is 33.2. The van der Waals surface area contributed by atoms with E-state index < -0.39 is 41.7 Å². The summed E-state index contributed by atoms with van der Waals surface area (Å²) in [5, 5.41) is 22.6. The first-order chi connectivity index (χ1) is 58.6. The number of hydrogen-bond acceptors (Lipinski definition) is 22. The summed E-state index contributed by atoms with van der Waals surface area (Å²) in [5.41, 5.74) is 20.0. The molecule has 0 fully saturated rings. The first-order valence-electron chi connectivity index (χ1n) is 38.6. The van der Waals surface area contributed by atoms with Gasteiger partial charge in [0.2, 0.25) is 5.91 Å². The van der Waals surface area contributed by atoms with Crippen molar-refractivity contribution in [3.63, 3.8) is 0 Å².